The Kier molecular flexibility index (Phi) is 7.69. The highest BCUT2D eigenvalue weighted by Crippen LogP contribution is 2.23. The van der Waals surface area contributed by atoms with Gasteiger partial charge in [-0.15, -0.1) is 0 Å². The van der Waals surface area contributed by atoms with Crippen LogP contribution in [0.25, 0.3) is 0 Å². The van der Waals surface area contributed by atoms with Gasteiger partial charge in [0.25, 0.3) is 15.9 Å². The first-order valence-corrected chi connectivity index (χ1v) is 12.8. The first-order valence-electron chi connectivity index (χ1n) is 10.5. The Hall–Kier alpha value is -3.82. The molecule has 2 N–H and O–H groups in total. The summed E-state index contributed by atoms with van der Waals surface area (Å²) in [5.41, 5.74) is 1.05. The summed E-state index contributed by atoms with van der Waals surface area (Å²) in [4.78, 5) is 12.3. The molecule has 4 aromatic carbocycles. The van der Waals surface area contributed by atoms with E-state index in [0.717, 1.165) is 10.2 Å². The van der Waals surface area contributed by atoms with Gasteiger partial charge in [0.2, 0.25) is 0 Å². The minimum Gasteiger partial charge on any atom is -0.484 e. The average molecular weight is 553 g/mol. The number of ether oxygens (including phenoxy) is 2. The van der Waals surface area contributed by atoms with Gasteiger partial charge in [0.05, 0.1) is 4.90 Å². The monoisotopic (exact) mass is 552 g/mol. The summed E-state index contributed by atoms with van der Waals surface area (Å²) in [5, 5.41) is 2.74. The Morgan fingerprint density at radius 2 is 1.29 bits per heavy atom. The zero-order chi connectivity index (χ0) is 24.7. The van der Waals surface area contributed by atoms with Crippen molar-refractivity contribution in [3.05, 3.63) is 108 Å². The van der Waals surface area contributed by atoms with Gasteiger partial charge in [0.1, 0.15) is 17.2 Å². The molecule has 178 valence electrons. The van der Waals surface area contributed by atoms with E-state index < -0.39 is 10.0 Å². The van der Waals surface area contributed by atoms with Crippen molar-refractivity contribution in [2.24, 2.45) is 0 Å². The number of carbonyl (C=O) groups excluding carboxylic acids is 1. The molecule has 7 nitrogen and oxygen atoms in total. The average Bonchev–Trinajstić information content (AvgIpc) is 2.86. The lowest BCUT2D eigenvalue weighted by atomic mass is 10.3. The number of hydrogen-bond donors (Lipinski definition) is 2. The highest BCUT2D eigenvalue weighted by Gasteiger charge is 2.14. The van der Waals surface area contributed by atoms with Crippen molar-refractivity contribution in [3.8, 4) is 17.2 Å². The molecule has 0 spiro atoms. The lowest BCUT2D eigenvalue weighted by Gasteiger charge is -2.10. The van der Waals surface area contributed by atoms with E-state index in [0.29, 0.717) is 22.9 Å². The predicted octanol–water partition coefficient (Wildman–Crippen LogP) is 6.06. The molecule has 0 aliphatic rings. The molecule has 0 radical (unpaired) electrons. The van der Waals surface area contributed by atoms with Crippen molar-refractivity contribution in [3.63, 3.8) is 0 Å². The Morgan fingerprint density at radius 1 is 0.714 bits per heavy atom. The molecule has 0 fully saturated rings. The quantitative estimate of drug-likeness (QED) is 0.263. The van der Waals surface area contributed by atoms with Gasteiger partial charge in [-0.05, 0) is 84.9 Å². The second kappa shape index (κ2) is 11.1. The SMILES string of the molecule is O=C(COc1ccc(S(=O)(=O)Nc2ccc(Br)cc2)cc1)Nc1ccc(Oc2ccccc2)cc1. The third kappa shape index (κ3) is 7.08. The van der Waals surface area contributed by atoms with Crippen molar-refractivity contribution in [2.45, 2.75) is 4.90 Å². The largest absolute Gasteiger partial charge is 0.484 e. The Bertz CT molecular complexity index is 1380. The number of benzene rings is 4. The molecule has 4 rings (SSSR count). The maximum absolute atomic E-state index is 12.6. The molecule has 0 bridgehead atoms. The standard InChI is InChI=1S/C26H21BrN2O5S/c27-19-6-8-21(9-7-19)29-35(31,32)25-16-14-22(15-17-25)33-18-26(30)28-20-10-12-24(13-11-20)34-23-4-2-1-3-5-23/h1-17,29H,18H2,(H,28,30). The number of hydrogen-bond acceptors (Lipinski definition) is 5. The van der Waals surface area contributed by atoms with Crippen LogP contribution in [0.4, 0.5) is 11.4 Å². The van der Waals surface area contributed by atoms with Crippen LogP contribution in [0.2, 0.25) is 0 Å². The van der Waals surface area contributed by atoms with Gasteiger partial charge in [0, 0.05) is 15.8 Å². The fourth-order valence-electron chi connectivity index (χ4n) is 3.02. The van der Waals surface area contributed by atoms with E-state index in [9.17, 15) is 13.2 Å². The zero-order valence-electron chi connectivity index (χ0n) is 18.3. The molecular weight excluding hydrogens is 532 g/mol. The van der Waals surface area contributed by atoms with Crippen LogP contribution in [0, 0.1) is 0 Å². The normalized spacial score (nSPS) is 10.9. The lowest BCUT2D eigenvalue weighted by molar-refractivity contribution is -0.118. The summed E-state index contributed by atoms with van der Waals surface area (Å²) in [6.45, 7) is -0.231. The first kappa shape index (κ1) is 24.3. The van der Waals surface area contributed by atoms with Crippen LogP contribution in [-0.2, 0) is 14.8 Å². The molecular formula is C26H21BrN2O5S. The second-order valence-electron chi connectivity index (χ2n) is 7.36. The summed E-state index contributed by atoms with van der Waals surface area (Å²) >= 11 is 3.31. The number of halogens is 1. The Morgan fingerprint density at radius 3 is 1.94 bits per heavy atom. The second-order valence-corrected chi connectivity index (χ2v) is 9.96. The van der Waals surface area contributed by atoms with Gasteiger partial charge in [0.15, 0.2) is 6.61 Å². The van der Waals surface area contributed by atoms with Gasteiger partial charge in [-0.25, -0.2) is 8.42 Å². The van der Waals surface area contributed by atoms with Crippen LogP contribution in [0.3, 0.4) is 0 Å². The zero-order valence-corrected chi connectivity index (χ0v) is 20.8. The third-order valence-electron chi connectivity index (χ3n) is 4.72. The summed E-state index contributed by atoms with van der Waals surface area (Å²) in [6.07, 6.45) is 0. The summed E-state index contributed by atoms with van der Waals surface area (Å²) < 4.78 is 39.7. The van der Waals surface area contributed by atoms with Gasteiger partial charge in [-0.3, -0.25) is 9.52 Å². The van der Waals surface area contributed by atoms with Crippen LogP contribution >= 0.6 is 15.9 Å². The Labute approximate surface area is 211 Å². The number of rotatable bonds is 9. The first-order chi connectivity index (χ1) is 16.9. The minimum atomic E-state index is -3.75. The van der Waals surface area contributed by atoms with E-state index in [-0.39, 0.29) is 17.4 Å². The maximum Gasteiger partial charge on any atom is 0.262 e. The van der Waals surface area contributed by atoms with Gasteiger partial charge in [-0.2, -0.15) is 0 Å². The van der Waals surface area contributed by atoms with Crippen LogP contribution in [0.1, 0.15) is 0 Å². The summed E-state index contributed by atoms with van der Waals surface area (Å²) in [7, 11) is -3.75. The van der Waals surface area contributed by atoms with E-state index >= 15 is 0 Å². The fraction of sp³-hybridized carbons (Fsp3) is 0.0385. The topological polar surface area (TPSA) is 93.7 Å². The molecule has 35 heavy (non-hydrogen) atoms. The van der Waals surface area contributed by atoms with Crippen LogP contribution in [0.5, 0.6) is 17.2 Å². The highest BCUT2D eigenvalue weighted by molar-refractivity contribution is 9.10. The number of nitrogens with one attached hydrogen (secondary N) is 2. The molecule has 0 heterocycles. The Balaban J connectivity index is 1.27. The molecule has 0 aliphatic heterocycles. The van der Waals surface area contributed by atoms with Crippen molar-refractivity contribution in [2.75, 3.05) is 16.6 Å². The minimum absolute atomic E-state index is 0.0787. The maximum atomic E-state index is 12.6. The number of sulfonamides is 1. The molecule has 0 atom stereocenters. The van der Waals surface area contributed by atoms with Crippen molar-refractivity contribution >= 4 is 43.2 Å². The van der Waals surface area contributed by atoms with E-state index in [2.05, 4.69) is 26.0 Å². The molecule has 4 aromatic rings. The summed E-state index contributed by atoms with van der Waals surface area (Å²) in [5.74, 6) is 1.39. The molecule has 0 saturated heterocycles. The molecule has 1 amide bonds. The number of anilines is 2. The van der Waals surface area contributed by atoms with Crippen molar-refractivity contribution in [1.29, 1.82) is 0 Å². The number of amides is 1. The van der Waals surface area contributed by atoms with Gasteiger partial charge in [-0.1, -0.05) is 34.1 Å². The van der Waals surface area contributed by atoms with Crippen molar-refractivity contribution in [1.82, 2.24) is 0 Å². The van der Waals surface area contributed by atoms with Gasteiger partial charge >= 0.3 is 0 Å². The lowest BCUT2D eigenvalue weighted by Crippen LogP contribution is -2.20. The smallest absolute Gasteiger partial charge is 0.262 e. The van der Waals surface area contributed by atoms with E-state index in [4.69, 9.17) is 9.47 Å². The van der Waals surface area contributed by atoms with E-state index in [1.165, 1.54) is 24.3 Å². The number of para-hydroxylation sites is 1. The molecule has 0 unspecified atom stereocenters. The van der Waals surface area contributed by atoms with Crippen LogP contribution in [-0.4, -0.2) is 20.9 Å². The molecule has 9 heteroatoms. The fourth-order valence-corrected chi connectivity index (χ4v) is 4.35. The van der Waals surface area contributed by atoms with E-state index in [1.807, 2.05) is 30.3 Å². The van der Waals surface area contributed by atoms with Crippen LogP contribution in [0.15, 0.2) is 112 Å². The molecule has 0 saturated carbocycles. The van der Waals surface area contributed by atoms with Gasteiger partial charge < -0.3 is 14.8 Å². The highest BCUT2D eigenvalue weighted by atomic mass is 79.9. The van der Waals surface area contributed by atoms with Crippen LogP contribution < -0.4 is 19.5 Å². The third-order valence-corrected chi connectivity index (χ3v) is 6.64. The van der Waals surface area contributed by atoms with E-state index in [1.54, 1.807) is 48.5 Å². The summed E-state index contributed by atoms with van der Waals surface area (Å²) in [6, 6.07) is 29.0. The number of carbonyl (C=O) groups is 1. The molecule has 0 aliphatic carbocycles. The predicted molar refractivity (Wildman–Crippen MR) is 138 cm³/mol. The van der Waals surface area contributed by atoms with Crippen molar-refractivity contribution < 1.29 is 22.7 Å². The molecule has 0 aromatic heterocycles.